The first-order valence-corrected chi connectivity index (χ1v) is 4.99. The van der Waals surface area contributed by atoms with Gasteiger partial charge in [-0.2, -0.15) is 0 Å². The first-order chi connectivity index (χ1) is 7.45. The number of carbonyl (C=O) groups excluding carboxylic acids is 1. The molecule has 16 heavy (non-hydrogen) atoms. The van der Waals surface area contributed by atoms with E-state index < -0.39 is 10.3 Å². The van der Waals surface area contributed by atoms with Gasteiger partial charge in [0.25, 0.3) is 5.69 Å². The largest absolute Gasteiger partial charge is 0.369 e. The molecule has 0 spiro atoms. The number of benzene rings is 1. The van der Waals surface area contributed by atoms with E-state index >= 15 is 0 Å². The van der Waals surface area contributed by atoms with Crippen molar-refractivity contribution in [1.82, 2.24) is 0 Å². The summed E-state index contributed by atoms with van der Waals surface area (Å²) in [4.78, 5) is 21.2. The minimum absolute atomic E-state index is 0.0604. The van der Waals surface area contributed by atoms with Crippen LogP contribution in [-0.4, -0.2) is 10.8 Å². The third-order valence-electron chi connectivity index (χ3n) is 3.31. The summed E-state index contributed by atoms with van der Waals surface area (Å²) in [6, 6.07) is 6.29. The van der Waals surface area contributed by atoms with Crippen LogP contribution in [0.2, 0.25) is 0 Å². The second-order valence-corrected chi connectivity index (χ2v) is 4.39. The van der Waals surface area contributed by atoms with Crippen LogP contribution in [0.3, 0.4) is 0 Å². The monoisotopic (exact) mass is 220 g/mol. The average molecular weight is 220 g/mol. The van der Waals surface area contributed by atoms with Crippen LogP contribution in [0.25, 0.3) is 0 Å². The SMILES string of the molecule is CC1(C(N)=O)CC1c1ccc([N+](=O)[O-])cc1. The van der Waals surface area contributed by atoms with Gasteiger partial charge in [0.2, 0.25) is 5.91 Å². The van der Waals surface area contributed by atoms with Gasteiger partial charge in [0.05, 0.1) is 10.3 Å². The van der Waals surface area contributed by atoms with Crippen molar-refractivity contribution in [3.05, 3.63) is 39.9 Å². The Bertz CT molecular complexity index is 455. The van der Waals surface area contributed by atoms with Crippen molar-refractivity contribution in [1.29, 1.82) is 0 Å². The number of hydrogen-bond acceptors (Lipinski definition) is 3. The number of amides is 1. The Morgan fingerprint density at radius 3 is 2.44 bits per heavy atom. The lowest BCUT2D eigenvalue weighted by Crippen LogP contribution is -2.23. The number of nitrogens with two attached hydrogens (primary N) is 1. The molecule has 2 N–H and O–H groups in total. The highest BCUT2D eigenvalue weighted by atomic mass is 16.6. The number of nitrogens with zero attached hydrogens (tertiary/aromatic N) is 1. The number of nitro groups is 1. The van der Waals surface area contributed by atoms with E-state index in [4.69, 9.17) is 5.73 Å². The molecule has 1 aromatic rings. The Balaban J connectivity index is 2.19. The Hall–Kier alpha value is -1.91. The molecule has 2 rings (SSSR count). The minimum Gasteiger partial charge on any atom is -0.369 e. The van der Waals surface area contributed by atoms with Crippen molar-refractivity contribution >= 4 is 11.6 Å². The first-order valence-electron chi connectivity index (χ1n) is 4.99. The van der Waals surface area contributed by atoms with Gasteiger partial charge in [-0.3, -0.25) is 14.9 Å². The molecular formula is C11H12N2O3. The number of primary amides is 1. The third kappa shape index (κ3) is 1.54. The Morgan fingerprint density at radius 2 is 2.06 bits per heavy atom. The van der Waals surface area contributed by atoms with Gasteiger partial charge in [0, 0.05) is 12.1 Å². The molecule has 0 aliphatic heterocycles. The summed E-state index contributed by atoms with van der Waals surface area (Å²) in [6.45, 7) is 1.82. The molecule has 0 heterocycles. The third-order valence-corrected chi connectivity index (χ3v) is 3.31. The lowest BCUT2D eigenvalue weighted by atomic mass is 10.0. The summed E-state index contributed by atoms with van der Waals surface area (Å²) >= 11 is 0. The van der Waals surface area contributed by atoms with Gasteiger partial charge in [0.1, 0.15) is 0 Å². The van der Waals surface area contributed by atoms with Crippen LogP contribution in [0.1, 0.15) is 24.8 Å². The van der Waals surface area contributed by atoms with Crippen LogP contribution in [0, 0.1) is 15.5 Å². The van der Waals surface area contributed by atoms with Crippen molar-refractivity contribution in [3.63, 3.8) is 0 Å². The summed E-state index contributed by atoms with van der Waals surface area (Å²) in [6.07, 6.45) is 0.722. The Labute approximate surface area is 92.4 Å². The maximum absolute atomic E-state index is 11.2. The van der Waals surface area contributed by atoms with Gasteiger partial charge in [0.15, 0.2) is 0 Å². The van der Waals surface area contributed by atoms with Gasteiger partial charge in [-0.25, -0.2) is 0 Å². The summed E-state index contributed by atoms with van der Waals surface area (Å²) in [7, 11) is 0. The molecule has 5 heteroatoms. The summed E-state index contributed by atoms with van der Waals surface area (Å²) < 4.78 is 0. The van der Waals surface area contributed by atoms with Gasteiger partial charge < -0.3 is 5.73 Å². The molecule has 1 aliphatic rings. The fourth-order valence-electron chi connectivity index (χ4n) is 1.95. The van der Waals surface area contributed by atoms with E-state index in [1.54, 1.807) is 12.1 Å². The predicted octanol–water partition coefficient (Wildman–Crippen LogP) is 1.57. The fraction of sp³-hybridized carbons (Fsp3) is 0.364. The number of non-ortho nitro benzene ring substituents is 1. The van der Waals surface area contributed by atoms with E-state index in [9.17, 15) is 14.9 Å². The maximum atomic E-state index is 11.2. The zero-order valence-corrected chi connectivity index (χ0v) is 8.84. The van der Waals surface area contributed by atoms with Crippen molar-refractivity contribution < 1.29 is 9.72 Å². The smallest absolute Gasteiger partial charge is 0.269 e. The molecule has 1 aromatic carbocycles. The summed E-state index contributed by atoms with van der Waals surface area (Å²) in [5.74, 6) is -0.207. The van der Waals surface area contributed by atoms with Crippen molar-refractivity contribution in [2.45, 2.75) is 19.3 Å². The molecule has 5 nitrogen and oxygen atoms in total. The highest BCUT2D eigenvalue weighted by molar-refractivity contribution is 5.85. The zero-order chi connectivity index (χ0) is 11.9. The standard InChI is InChI=1S/C11H12N2O3/c1-11(10(12)14)6-9(11)7-2-4-8(5-3-7)13(15)16/h2-5,9H,6H2,1H3,(H2,12,14). The second-order valence-electron chi connectivity index (χ2n) is 4.39. The molecule has 1 aliphatic carbocycles. The Kier molecular flexibility index (Phi) is 2.18. The molecule has 2 atom stereocenters. The second kappa shape index (κ2) is 3.30. The van der Waals surface area contributed by atoms with E-state index in [2.05, 4.69) is 0 Å². The number of nitro benzene ring substituents is 1. The van der Waals surface area contributed by atoms with Crippen LogP contribution < -0.4 is 5.73 Å². The van der Waals surface area contributed by atoms with Gasteiger partial charge in [-0.15, -0.1) is 0 Å². The van der Waals surface area contributed by atoms with Crippen LogP contribution in [-0.2, 0) is 4.79 Å². The van der Waals surface area contributed by atoms with Crippen LogP contribution in [0.5, 0.6) is 0 Å². The molecule has 1 amide bonds. The van der Waals surface area contributed by atoms with E-state index in [-0.39, 0.29) is 17.5 Å². The lowest BCUT2D eigenvalue weighted by molar-refractivity contribution is -0.384. The molecular weight excluding hydrogens is 208 g/mol. The molecule has 0 saturated heterocycles. The topological polar surface area (TPSA) is 86.2 Å². The number of hydrogen-bond donors (Lipinski definition) is 1. The van der Waals surface area contributed by atoms with Crippen LogP contribution in [0.15, 0.2) is 24.3 Å². The maximum Gasteiger partial charge on any atom is 0.269 e. The van der Waals surface area contributed by atoms with Gasteiger partial charge >= 0.3 is 0 Å². The van der Waals surface area contributed by atoms with Gasteiger partial charge in [-0.05, 0) is 17.9 Å². The highest BCUT2D eigenvalue weighted by Crippen LogP contribution is 2.58. The minimum atomic E-state index is -0.476. The number of carbonyl (C=O) groups is 1. The van der Waals surface area contributed by atoms with E-state index in [1.165, 1.54) is 12.1 Å². The predicted molar refractivity (Wildman–Crippen MR) is 57.8 cm³/mol. The van der Waals surface area contributed by atoms with Gasteiger partial charge in [-0.1, -0.05) is 19.1 Å². The molecule has 0 aromatic heterocycles. The van der Waals surface area contributed by atoms with Crippen molar-refractivity contribution in [2.24, 2.45) is 11.1 Å². The van der Waals surface area contributed by atoms with Crippen LogP contribution >= 0.6 is 0 Å². The quantitative estimate of drug-likeness (QED) is 0.619. The molecule has 0 radical (unpaired) electrons. The Morgan fingerprint density at radius 1 is 1.50 bits per heavy atom. The summed E-state index contributed by atoms with van der Waals surface area (Å²) in [5, 5.41) is 10.5. The van der Waals surface area contributed by atoms with Crippen molar-refractivity contribution in [2.75, 3.05) is 0 Å². The van der Waals surface area contributed by atoms with Crippen LogP contribution in [0.4, 0.5) is 5.69 Å². The average Bonchev–Trinajstić information content (AvgIpc) is 2.93. The normalized spacial score (nSPS) is 27.4. The molecule has 1 fully saturated rings. The number of rotatable bonds is 3. The zero-order valence-electron chi connectivity index (χ0n) is 8.84. The molecule has 1 saturated carbocycles. The molecule has 0 bridgehead atoms. The first kappa shape index (κ1) is 10.6. The molecule has 84 valence electrons. The summed E-state index contributed by atoms with van der Waals surface area (Å²) in [5.41, 5.74) is 5.81. The van der Waals surface area contributed by atoms with E-state index in [1.807, 2.05) is 6.92 Å². The fourth-order valence-corrected chi connectivity index (χ4v) is 1.95. The lowest BCUT2D eigenvalue weighted by Gasteiger charge is -2.05. The van der Waals surface area contributed by atoms with E-state index in [0.29, 0.717) is 0 Å². The molecule has 2 unspecified atom stereocenters. The van der Waals surface area contributed by atoms with Crippen molar-refractivity contribution in [3.8, 4) is 0 Å². The van der Waals surface area contributed by atoms with E-state index in [0.717, 1.165) is 12.0 Å². The highest BCUT2D eigenvalue weighted by Gasteiger charge is 2.55.